The summed E-state index contributed by atoms with van der Waals surface area (Å²) in [5, 5.41) is 8.66. The zero-order valence-corrected chi connectivity index (χ0v) is 18.3. The predicted molar refractivity (Wildman–Crippen MR) is 119 cm³/mol. The van der Waals surface area contributed by atoms with Crippen LogP contribution in [0.25, 0.3) is 17.4 Å². The van der Waals surface area contributed by atoms with Gasteiger partial charge in [-0.2, -0.15) is 0 Å². The number of nitrogens with zero attached hydrogens (tertiary/aromatic N) is 2. The molecule has 1 aromatic carbocycles. The maximum atomic E-state index is 12.7. The number of furan rings is 1. The van der Waals surface area contributed by atoms with Gasteiger partial charge in [-0.05, 0) is 54.8 Å². The van der Waals surface area contributed by atoms with Crippen molar-refractivity contribution in [1.29, 1.82) is 0 Å². The molecule has 2 aromatic rings. The lowest BCUT2D eigenvalue weighted by Crippen LogP contribution is -2.45. The number of benzene rings is 1. The van der Waals surface area contributed by atoms with Crippen LogP contribution in [-0.4, -0.2) is 57.6 Å². The van der Waals surface area contributed by atoms with Gasteiger partial charge in [-0.3, -0.25) is 19.3 Å². The predicted octanol–water partition coefficient (Wildman–Crippen LogP) is 3.94. The molecule has 2 aliphatic rings. The number of carboxylic acids is 1. The Morgan fingerprint density at radius 1 is 1.19 bits per heavy atom. The van der Waals surface area contributed by atoms with Crippen molar-refractivity contribution >= 4 is 40.9 Å². The third-order valence-corrected chi connectivity index (χ3v) is 6.50. The molecule has 4 rings (SSSR count). The van der Waals surface area contributed by atoms with Crippen molar-refractivity contribution in [2.24, 2.45) is 5.92 Å². The van der Waals surface area contributed by atoms with E-state index in [1.54, 1.807) is 29.2 Å². The second-order valence-electron chi connectivity index (χ2n) is 7.92. The number of rotatable bonds is 5. The van der Waals surface area contributed by atoms with Crippen LogP contribution in [-0.2, 0) is 9.59 Å². The van der Waals surface area contributed by atoms with Crippen molar-refractivity contribution in [2.45, 2.75) is 19.8 Å². The highest BCUT2D eigenvalue weighted by molar-refractivity contribution is 8.18. The van der Waals surface area contributed by atoms with Gasteiger partial charge in [0.1, 0.15) is 18.1 Å². The monoisotopic (exact) mass is 454 g/mol. The fourth-order valence-corrected chi connectivity index (χ4v) is 4.47. The minimum Gasteiger partial charge on any atom is -0.478 e. The van der Waals surface area contributed by atoms with Crippen LogP contribution >= 0.6 is 11.8 Å². The molecule has 0 radical (unpaired) electrons. The molecule has 2 fully saturated rings. The van der Waals surface area contributed by atoms with Crippen molar-refractivity contribution < 1.29 is 28.7 Å². The fraction of sp³-hybridized carbons (Fsp3) is 0.304. The molecule has 0 atom stereocenters. The number of carbonyl (C=O) groups excluding carboxylic acids is 3. The summed E-state index contributed by atoms with van der Waals surface area (Å²) in [5.41, 5.74) is 0.716. The Labute approximate surface area is 188 Å². The Bertz CT molecular complexity index is 1110. The fourth-order valence-electron chi connectivity index (χ4n) is 3.65. The summed E-state index contributed by atoms with van der Waals surface area (Å²) >= 11 is 0.767. The summed E-state index contributed by atoms with van der Waals surface area (Å²) in [5.74, 6) is -0.427. The number of likely N-dealkylation sites (tertiary alicyclic amines) is 1. The highest BCUT2D eigenvalue weighted by Crippen LogP contribution is 2.33. The van der Waals surface area contributed by atoms with Crippen molar-refractivity contribution in [3.05, 3.63) is 52.6 Å². The van der Waals surface area contributed by atoms with Crippen molar-refractivity contribution in [1.82, 2.24) is 9.80 Å². The summed E-state index contributed by atoms with van der Waals surface area (Å²) in [4.78, 5) is 51.6. The van der Waals surface area contributed by atoms with E-state index in [1.807, 2.05) is 0 Å². The van der Waals surface area contributed by atoms with Crippen LogP contribution in [0.15, 0.2) is 45.7 Å². The molecule has 3 amide bonds. The van der Waals surface area contributed by atoms with Gasteiger partial charge in [0.25, 0.3) is 11.1 Å². The van der Waals surface area contributed by atoms with Crippen LogP contribution in [0.2, 0.25) is 0 Å². The zero-order valence-electron chi connectivity index (χ0n) is 17.4. The molecule has 0 saturated carbocycles. The number of amides is 3. The first-order valence-corrected chi connectivity index (χ1v) is 11.1. The van der Waals surface area contributed by atoms with Gasteiger partial charge in [-0.25, -0.2) is 4.79 Å². The van der Waals surface area contributed by atoms with Gasteiger partial charge in [-0.15, -0.1) is 0 Å². The van der Waals surface area contributed by atoms with Crippen LogP contribution in [0.3, 0.4) is 0 Å². The standard InChI is InChI=1S/C23H22N2O6S/c1-14-7-9-24(10-8-14)20(26)13-25-21(27)19(32-23(25)30)12-17-5-6-18(31-17)15-3-2-4-16(11-15)22(28)29/h2-6,11-12,14H,7-10,13H2,1H3,(H,28,29)/b19-12+. The topological polar surface area (TPSA) is 108 Å². The molecule has 0 bridgehead atoms. The third-order valence-electron chi connectivity index (χ3n) is 5.60. The average molecular weight is 455 g/mol. The lowest BCUT2D eigenvalue weighted by Gasteiger charge is -2.31. The SMILES string of the molecule is CC1CCN(C(=O)CN2C(=O)S/C(=C/c3ccc(-c4cccc(C(=O)O)c4)o3)C2=O)CC1. The molecule has 9 heteroatoms. The number of aromatic carboxylic acids is 1. The number of piperidine rings is 1. The molecule has 3 heterocycles. The molecule has 2 aliphatic heterocycles. The first-order valence-electron chi connectivity index (χ1n) is 10.3. The number of thioether (sulfide) groups is 1. The van der Waals surface area contributed by atoms with E-state index in [0.717, 1.165) is 29.5 Å². The summed E-state index contributed by atoms with van der Waals surface area (Å²) in [6.07, 6.45) is 3.30. The van der Waals surface area contributed by atoms with E-state index in [1.165, 1.54) is 18.2 Å². The van der Waals surface area contributed by atoms with Crippen LogP contribution in [0, 0.1) is 5.92 Å². The molecule has 8 nitrogen and oxygen atoms in total. The van der Waals surface area contributed by atoms with Crippen LogP contribution in [0.4, 0.5) is 4.79 Å². The number of carboxylic acid groups (broad SMARTS) is 1. The second kappa shape index (κ2) is 9.04. The van der Waals surface area contributed by atoms with E-state index in [4.69, 9.17) is 9.52 Å². The van der Waals surface area contributed by atoms with Crippen molar-refractivity contribution in [2.75, 3.05) is 19.6 Å². The maximum Gasteiger partial charge on any atom is 0.335 e. The summed E-state index contributed by atoms with van der Waals surface area (Å²) < 4.78 is 5.73. The first-order chi connectivity index (χ1) is 15.3. The van der Waals surface area contributed by atoms with Gasteiger partial charge in [0, 0.05) is 24.7 Å². The Hall–Kier alpha value is -3.33. The quantitative estimate of drug-likeness (QED) is 0.682. The van der Waals surface area contributed by atoms with Crippen molar-refractivity contribution in [3.63, 3.8) is 0 Å². The molecule has 166 valence electrons. The van der Waals surface area contributed by atoms with Gasteiger partial charge in [0.2, 0.25) is 5.91 Å². The molecule has 32 heavy (non-hydrogen) atoms. The molecular formula is C23H22N2O6S. The van der Waals surface area contributed by atoms with E-state index in [2.05, 4.69) is 6.92 Å². The van der Waals surface area contributed by atoms with Crippen LogP contribution in [0.1, 0.15) is 35.9 Å². The molecule has 0 unspecified atom stereocenters. The van der Waals surface area contributed by atoms with Crippen LogP contribution < -0.4 is 0 Å². The van der Waals surface area contributed by atoms with Gasteiger partial charge < -0.3 is 14.4 Å². The van der Waals surface area contributed by atoms with Gasteiger partial charge in [0.15, 0.2) is 0 Å². The minimum atomic E-state index is -1.04. The molecule has 0 spiro atoms. The van der Waals surface area contributed by atoms with Crippen LogP contribution in [0.5, 0.6) is 0 Å². The molecule has 0 aliphatic carbocycles. The lowest BCUT2D eigenvalue weighted by atomic mass is 9.99. The Morgan fingerprint density at radius 2 is 1.94 bits per heavy atom. The van der Waals surface area contributed by atoms with Gasteiger partial charge in [-0.1, -0.05) is 19.1 Å². The summed E-state index contributed by atoms with van der Waals surface area (Å²) in [6, 6.07) is 9.61. The van der Waals surface area contributed by atoms with E-state index in [-0.39, 0.29) is 22.9 Å². The molecular weight excluding hydrogens is 432 g/mol. The highest BCUT2D eigenvalue weighted by atomic mass is 32.2. The Morgan fingerprint density at radius 3 is 2.66 bits per heavy atom. The average Bonchev–Trinajstić information content (AvgIpc) is 3.34. The largest absolute Gasteiger partial charge is 0.478 e. The summed E-state index contributed by atoms with van der Waals surface area (Å²) in [7, 11) is 0. The van der Waals surface area contributed by atoms with E-state index < -0.39 is 17.1 Å². The van der Waals surface area contributed by atoms with E-state index in [0.29, 0.717) is 36.1 Å². The first kappa shape index (κ1) is 21.9. The highest BCUT2D eigenvalue weighted by Gasteiger charge is 2.37. The normalized spacial score (nSPS) is 18.6. The lowest BCUT2D eigenvalue weighted by molar-refractivity contribution is -0.136. The maximum absolute atomic E-state index is 12.7. The Balaban J connectivity index is 1.46. The van der Waals surface area contributed by atoms with Gasteiger partial charge >= 0.3 is 5.97 Å². The molecule has 1 aromatic heterocycles. The van der Waals surface area contributed by atoms with Crippen molar-refractivity contribution in [3.8, 4) is 11.3 Å². The zero-order chi connectivity index (χ0) is 22.8. The van der Waals surface area contributed by atoms with E-state index in [9.17, 15) is 19.2 Å². The number of hydrogen-bond donors (Lipinski definition) is 1. The number of carbonyl (C=O) groups is 4. The molecule has 2 saturated heterocycles. The third kappa shape index (κ3) is 4.62. The smallest absolute Gasteiger partial charge is 0.335 e. The Kier molecular flexibility index (Phi) is 6.18. The summed E-state index contributed by atoms with van der Waals surface area (Å²) in [6.45, 7) is 3.17. The van der Waals surface area contributed by atoms with Gasteiger partial charge in [0.05, 0.1) is 10.5 Å². The van der Waals surface area contributed by atoms with E-state index >= 15 is 0 Å². The minimum absolute atomic E-state index is 0.134. The number of imide groups is 1. The number of hydrogen-bond acceptors (Lipinski definition) is 6. The molecule has 1 N–H and O–H groups in total. The second-order valence-corrected chi connectivity index (χ2v) is 8.91.